The summed E-state index contributed by atoms with van der Waals surface area (Å²) in [4.78, 5) is 33.8. The molecule has 0 saturated carbocycles. The Hall–Kier alpha value is -3.66. The van der Waals surface area contributed by atoms with Crippen molar-refractivity contribution >= 4 is 23.5 Å². The van der Waals surface area contributed by atoms with E-state index in [1.54, 1.807) is 57.2 Å². The maximum Gasteiger partial charge on any atom is 0.412 e. The van der Waals surface area contributed by atoms with Crippen molar-refractivity contribution in [3.8, 4) is 5.75 Å². The molecule has 2 heterocycles. The number of ether oxygens (including phenoxy) is 4. The summed E-state index contributed by atoms with van der Waals surface area (Å²) in [6.45, 7) is 6.02. The molecule has 35 heavy (non-hydrogen) atoms. The van der Waals surface area contributed by atoms with E-state index in [0.717, 1.165) is 19.3 Å². The molecular weight excluding hydrogens is 454 g/mol. The molecule has 1 N–H and O–H groups in total. The molecule has 0 spiro atoms. The first kappa shape index (κ1) is 26.0. The molecular formula is C25H31N3O7. The van der Waals surface area contributed by atoms with Gasteiger partial charge in [0, 0.05) is 18.3 Å². The number of methoxy groups -OCH3 is 1. The zero-order valence-corrected chi connectivity index (χ0v) is 20.4. The first-order chi connectivity index (χ1) is 16.7. The lowest BCUT2D eigenvalue weighted by molar-refractivity contribution is -0.162. The van der Waals surface area contributed by atoms with Crippen LogP contribution in [0.5, 0.6) is 5.75 Å². The summed E-state index contributed by atoms with van der Waals surface area (Å²) in [5.41, 5.74) is 1.09. The molecule has 1 unspecified atom stereocenters. The number of amides is 1. The van der Waals surface area contributed by atoms with Crippen LogP contribution in [-0.4, -0.2) is 55.0 Å². The molecule has 2 aromatic rings. The predicted octanol–water partition coefficient (Wildman–Crippen LogP) is 4.54. The number of pyridine rings is 1. The molecule has 188 valence electrons. The van der Waals surface area contributed by atoms with Gasteiger partial charge in [-0.05, 0) is 70.0 Å². The van der Waals surface area contributed by atoms with Crippen LogP contribution in [0, 0.1) is 0 Å². The molecule has 3 rings (SSSR count). The largest absolute Gasteiger partial charge is 0.487 e. The standard InChI is InChI=1S/C25H31N3O7/c1-25(2,3)34-24(30)27-18-8-10-19(11-9-18)33-16-21(28-35-22-7-5-6-14-32-22)20-15-17(12-13-26-20)23(29)31-4/h8-13,15,22H,5-7,14,16H2,1-4H3,(H,27,30)/b28-21+. The van der Waals surface area contributed by atoms with E-state index in [1.807, 2.05) is 0 Å². The second-order valence-corrected chi connectivity index (χ2v) is 8.80. The Morgan fingerprint density at radius 3 is 2.60 bits per heavy atom. The number of aromatic nitrogens is 1. The van der Waals surface area contributed by atoms with E-state index in [2.05, 4.69) is 15.5 Å². The number of benzene rings is 1. The zero-order valence-electron chi connectivity index (χ0n) is 20.4. The van der Waals surface area contributed by atoms with Gasteiger partial charge in [-0.25, -0.2) is 9.59 Å². The third kappa shape index (κ3) is 8.56. The van der Waals surface area contributed by atoms with Crippen molar-refractivity contribution in [2.24, 2.45) is 5.16 Å². The fraction of sp³-hybridized carbons (Fsp3) is 0.440. The third-order valence-electron chi connectivity index (χ3n) is 4.77. The van der Waals surface area contributed by atoms with Gasteiger partial charge in [0.15, 0.2) is 0 Å². The summed E-state index contributed by atoms with van der Waals surface area (Å²) in [6, 6.07) is 9.90. The molecule has 1 aromatic heterocycles. The van der Waals surface area contributed by atoms with Crippen LogP contribution < -0.4 is 10.1 Å². The minimum absolute atomic E-state index is 0.0171. The van der Waals surface area contributed by atoms with Crippen LogP contribution >= 0.6 is 0 Å². The number of anilines is 1. The second-order valence-electron chi connectivity index (χ2n) is 8.80. The molecule has 1 aliphatic heterocycles. The van der Waals surface area contributed by atoms with Gasteiger partial charge in [0.25, 0.3) is 0 Å². The molecule has 1 aliphatic rings. The minimum Gasteiger partial charge on any atom is -0.487 e. The van der Waals surface area contributed by atoms with Crippen molar-refractivity contribution in [1.29, 1.82) is 0 Å². The van der Waals surface area contributed by atoms with Crippen molar-refractivity contribution in [2.75, 3.05) is 25.6 Å². The number of oxime groups is 1. The van der Waals surface area contributed by atoms with Gasteiger partial charge in [0.05, 0.1) is 25.0 Å². The SMILES string of the molecule is COC(=O)c1ccnc(/C(COc2ccc(NC(=O)OC(C)(C)C)cc2)=N/OC2CCCCO2)c1. The summed E-state index contributed by atoms with van der Waals surface area (Å²) < 4.78 is 21.5. The Morgan fingerprint density at radius 2 is 1.94 bits per heavy atom. The highest BCUT2D eigenvalue weighted by Crippen LogP contribution is 2.19. The molecule has 1 saturated heterocycles. The molecule has 10 nitrogen and oxygen atoms in total. The van der Waals surface area contributed by atoms with Crippen molar-refractivity contribution in [1.82, 2.24) is 4.98 Å². The van der Waals surface area contributed by atoms with Crippen molar-refractivity contribution in [3.63, 3.8) is 0 Å². The molecule has 1 amide bonds. The van der Waals surface area contributed by atoms with Gasteiger partial charge < -0.3 is 23.8 Å². The van der Waals surface area contributed by atoms with Gasteiger partial charge in [-0.2, -0.15) is 0 Å². The zero-order chi connectivity index (χ0) is 25.3. The average molecular weight is 486 g/mol. The van der Waals surface area contributed by atoms with Crippen LogP contribution in [0.4, 0.5) is 10.5 Å². The van der Waals surface area contributed by atoms with Crippen LogP contribution in [0.3, 0.4) is 0 Å². The minimum atomic E-state index is -0.590. The normalized spacial score (nSPS) is 16.2. The number of nitrogens with zero attached hydrogens (tertiary/aromatic N) is 2. The molecule has 0 bridgehead atoms. The average Bonchev–Trinajstić information content (AvgIpc) is 2.84. The lowest BCUT2D eigenvalue weighted by atomic mass is 10.2. The highest BCUT2D eigenvalue weighted by Gasteiger charge is 2.18. The van der Waals surface area contributed by atoms with Gasteiger partial charge in [-0.3, -0.25) is 10.3 Å². The van der Waals surface area contributed by atoms with E-state index in [9.17, 15) is 9.59 Å². The molecule has 1 aromatic carbocycles. The van der Waals surface area contributed by atoms with Crippen LogP contribution in [0.15, 0.2) is 47.8 Å². The second kappa shape index (κ2) is 12.2. The van der Waals surface area contributed by atoms with Gasteiger partial charge >= 0.3 is 12.1 Å². The van der Waals surface area contributed by atoms with E-state index in [-0.39, 0.29) is 6.61 Å². The maximum absolute atomic E-state index is 11.9. The summed E-state index contributed by atoms with van der Waals surface area (Å²) in [6.07, 6.45) is 3.22. The van der Waals surface area contributed by atoms with Crippen LogP contribution in [0.2, 0.25) is 0 Å². The van der Waals surface area contributed by atoms with E-state index in [4.69, 9.17) is 23.8 Å². The summed E-state index contributed by atoms with van der Waals surface area (Å²) >= 11 is 0. The van der Waals surface area contributed by atoms with E-state index in [0.29, 0.717) is 35.0 Å². The Bertz CT molecular complexity index is 1030. The summed E-state index contributed by atoms with van der Waals surface area (Å²) in [7, 11) is 1.31. The van der Waals surface area contributed by atoms with Gasteiger partial charge in [-0.1, -0.05) is 5.16 Å². The Balaban J connectivity index is 1.69. The van der Waals surface area contributed by atoms with Crippen LogP contribution in [-0.2, 0) is 19.0 Å². The summed E-state index contributed by atoms with van der Waals surface area (Å²) in [5, 5.41) is 6.90. The number of rotatable bonds is 8. The maximum atomic E-state index is 11.9. The lowest BCUT2D eigenvalue weighted by Gasteiger charge is -2.20. The van der Waals surface area contributed by atoms with Gasteiger partial charge in [-0.15, -0.1) is 0 Å². The third-order valence-corrected chi connectivity index (χ3v) is 4.77. The van der Waals surface area contributed by atoms with Crippen molar-refractivity contribution < 1.29 is 33.4 Å². The number of esters is 1. The smallest absolute Gasteiger partial charge is 0.412 e. The van der Waals surface area contributed by atoms with Gasteiger partial charge in [0.2, 0.25) is 6.29 Å². The number of carbonyl (C=O) groups is 2. The Morgan fingerprint density at radius 1 is 1.17 bits per heavy atom. The first-order valence-corrected chi connectivity index (χ1v) is 11.4. The molecule has 1 fully saturated rings. The molecule has 10 heteroatoms. The van der Waals surface area contributed by atoms with E-state index < -0.39 is 24.0 Å². The van der Waals surface area contributed by atoms with Crippen molar-refractivity contribution in [3.05, 3.63) is 53.9 Å². The highest BCUT2D eigenvalue weighted by atomic mass is 16.8. The lowest BCUT2D eigenvalue weighted by Crippen LogP contribution is -2.27. The Labute approximate surface area is 204 Å². The fourth-order valence-electron chi connectivity index (χ4n) is 3.10. The monoisotopic (exact) mass is 485 g/mol. The highest BCUT2D eigenvalue weighted by molar-refractivity contribution is 6.01. The number of nitrogens with one attached hydrogen (secondary N) is 1. The van der Waals surface area contributed by atoms with Crippen LogP contribution in [0.25, 0.3) is 0 Å². The fourth-order valence-corrected chi connectivity index (χ4v) is 3.10. The first-order valence-electron chi connectivity index (χ1n) is 11.4. The molecule has 0 aliphatic carbocycles. The van der Waals surface area contributed by atoms with Crippen LogP contribution in [0.1, 0.15) is 56.1 Å². The number of hydrogen-bond donors (Lipinski definition) is 1. The van der Waals surface area contributed by atoms with E-state index in [1.165, 1.54) is 13.3 Å². The number of hydrogen-bond acceptors (Lipinski definition) is 9. The number of carbonyl (C=O) groups excluding carboxylic acids is 2. The molecule has 0 radical (unpaired) electrons. The molecule has 1 atom stereocenters. The van der Waals surface area contributed by atoms with Gasteiger partial charge in [0.1, 0.15) is 23.7 Å². The predicted molar refractivity (Wildman–Crippen MR) is 129 cm³/mol. The quantitative estimate of drug-likeness (QED) is 0.329. The Kier molecular flexibility index (Phi) is 9.02. The topological polar surface area (TPSA) is 118 Å². The van der Waals surface area contributed by atoms with E-state index >= 15 is 0 Å². The summed E-state index contributed by atoms with van der Waals surface area (Å²) in [5.74, 6) is 0.0454. The van der Waals surface area contributed by atoms with Crippen molar-refractivity contribution in [2.45, 2.75) is 51.9 Å².